The maximum absolute atomic E-state index is 10.1. The first-order chi connectivity index (χ1) is 11.8. The summed E-state index contributed by atoms with van der Waals surface area (Å²) in [6.45, 7) is 0. The monoisotopic (exact) mass is 315 g/mol. The smallest absolute Gasteiger partial charge is 0.219 e. The number of benzene rings is 2. The standard InChI is InChI=1S/C19H13N3O2/c23-17-9-14(8-15-10-20-12-22-19(15)17)13-6-7-18(21-11-13)24-16-4-2-1-3-5-16/h1-12,23H. The first kappa shape index (κ1) is 14.1. The highest BCUT2D eigenvalue weighted by Gasteiger charge is 2.07. The molecular weight excluding hydrogens is 302 g/mol. The average molecular weight is 315 g/mol. The van der Waals surface area contributed by atoms with E-state index in [0.717, 1.165) is 22.3 Å². The fraction of sp³-hybridized carbons (Fsp3) is 0. The number of ether oxygens (including phenoxy) is 1. The largest absolute Gasteiger partial charge is 0.506 e. The predicted molar refractivity (Wildman–Crippen MR) is 90.9 cm³/mol. The van der Waals surface area contributed by atoms with Gasteiger partial charge in [0.05, 0.1) is 0 Å². The summed E-state index contributed by atoms with van der Waals surface area (Å²) >= 11 is 0. The van der Waals surface area contributed by atoms with Crippen LogP contribution in [0.3, 0.4) is 0 Å². The summed E-state index contributed by atoms with van der Waals surface area (Å²) in [7, 11) is 0. The number of hydrogen-bond acceptors (Lipinski definition) is 5. The van der Waals surface area contributed by atoms with Crippen molar-refractivity contribution < 1.29 is 9.84 Å². The van der Waals surface area contributed by atoms with Crippen molar-refractivity contribution in [3.05, 3.63) is 73.3 Å². The fourth-order valence-electron chi connectivity index (χ4n) is 2.47. The molecule has 0 aliphatic heterocycles. The van der Waals surface area contributed by atoms with Gasteiger partial charge < -0.3 is 9.84 Å². The summed E-state index contributed by atoms with van der Waals surface area (Å²) in [5.74, 6) is 1.37. The van der Waals surface area contributed by atoms with E-state index in [1.54, 1.807) is 24.5 Å². The number of rotatable bonds is 3. The minimum absolute atomic E-state index is 0.120. The molecule has 2 heterocycles. The summed E-state index contributed by atoms with van der Waals surface area (Å²) in [6.07, 6.45) is 4.80. The van der Waals surface area contributed by atoms with Gasteiger partial charge in [0, 0.05) is 29.4 Å². The van der Waals surface area contributed by atoms with E-state index in [9.17, 15) is 5.11 Å². The molecule has 0 spiro atoms. The highest BCUT2D eigenvalue weighted by Crippen LogP contribution is 2.30. The normalized spacial score (nSPS) is 10.7. The van der Waals surface area contributed by atoms with E-state index < -0.39 is 0 Å². The van der Waals surface area contributed by atoms with Crippen molar-refractivity contribution in [2.75, 3.05) is 0 Å². The van der Waals surface area contributed by atoms with E-state index in [-0.39, 0.29) is 5.75 Å². The molecule has 0 saturated carbocycles. The van der Waals surface area contributed by atoms with Crippen molar-refractivity contribution in [3.8, 4) is 28.5 Å². The van der Waals surface area contributed by atoms with Crippen molar-refractivity contribution in [2.24, 2.45) is 0 Å². The van der Waals surface area contributed by atoms with Crippen LogP contribution in [0.1, 0.15) is 0 Å². The number of para-hydroxylation sites is 1. The lowest BCUT2D eigenvalue weighted by Gasteiger charge is -2.07. The molecular formula is C19H13N3O2. The van der Waals surface area contributed by atoms with Gasteiger partial charge in [0.15, 0.2) is 0 Å². The molecule has 0 aliphatic rings. The molecule has 1 N–H and O–H groups in total. The van der Waals surface area contributed by atoms with Crippen LogP contribution in [0.25, 0.3) is 22.0 Å². The van der Waals surface area contributed by atoms with Crippen molar-refractivity contribution in [1.82, 2.24) is 15.0 Å². The van der Waals surface area contributed by atoms with Gasteiger partial charge in [0.2, 0.25) is 5.88 Å². The van der Waals surface area contributed by atoms with Crippen LogP contribution >= 0.6 is 0 Å². The van der Waals surface area contributed by atoms with E-state index in [1.165, 1.54) is 6.33 Å². The first-order valence-electron chi connectivity index (χ1n) is 7.42. The number of phenolic OH excluding ortho intramolecular Hbond substituents is 1. The molecule has 5 heteroatoms. The molecule has 5 nitrogen and oxygen atoms in total. The Labute approximate surface area is 138 Å². The molecule has 4 aromatic rings. The van der Waals surface area contributed by atoms with Gasteiger partial charge in [-0.05, 0) is 35.9 Å². The highest BCUT2D eigenvalue weighted by molar-refractivity contribution is 5.88. The van der Waals surface area contributed by atoms with Crippen LogP contribution < -0.4 is 4.74 Å². The maximum atomic E-state index is 10.1. The lowest BCUT2D eigenvalue weighted by molar-refractivity contribution is 0.463. The Morgan fingerprint density at radius 1 is 0.833 bits per heavy atom. The number of pyridine rings is 1. The van der Waals surface area contributed by atoms with Gasteiger partial charge in [-0.3, -0.25) is 0 Å². The Bertz CT molecular complexity index is 986. The van der Waals surface area contributed by atoms with E-state index >= 15 is 0 Å². The third kappa shape index (κ3) is 2.75. The molecule has 4 rings (SSSR count). The molecule has 0 amide bonds. The lowest BCUT2D eigenvalue weighted by Crippen LogP contribution is -1.89. The molecule has 2 aromatic heterocycles. The van der Waals surface area contributed by atoms with Crippen molar-refractivity contribution in [3.63, 3.8) is 0 Å². The van der Waals surface area contributed by atoms with Crippen LogP contribution in [0.4, 0.5) is 0 Å². The van der Waals surface area contributed by atoms with Crippen molar-refractivity contribution >= 4 is 10.9 Å². The second-order valence-corrected chi connectivity index (χ2v) is 5.26. The Morgan fingerprint density at radius 3 is 2.50 bits per heavy atom. The number of hydrogen-bond donors (Lipinski definition) is 1. The molecule has 116 valence electrons. The molecule has 0 saturated heterocycles. The Balaban J connectivity index is 1.65. The Morgan fingerprint density at radius 2 is 1.71 bits per heavy atom. The quantitative estimate of drug-likeness (QED) is 0.614. The zero-order valence-corrected chi connectivity index (χ0v) is 12.6. The third-order valence-electron chi connectivity index (χ3n) is 3.62. The number of aromatic nitrogens is 3. The molecule has 0 fully saturated rings. The third-order valence-corrected chi connectivity index (χ3v) is 3.62. The summed E-state index contributed by atoms with van der Waals surface area (Å²) in [5.41, 5.74) is 2.25. The minimum Gasteiger partial charge on any atom is -0.506 e. The predicted octanol–water partition coefficient (Wildman–Crippen LogP) is 4.19. The van der Waals surface area contributed by atoms with Crippen LogP contribution in [-0.4, -0.2) is 20.1 Å². The van der Waals surface area contributed by atoms with E-state index in [2.05, 4.69) is 15.0 Å². The van der Waals surface area contributed by atoms with E-state index in [1.807, 2.05) is 42.5 Å². The second-order valence-electron chi connectivity index (χ2n) is 5.26. The minimum atomic E-state index is 0.120. The van der Waals surface area contributed by atoms with E-state index in [0.29, 0.717) is 11.4 Å². The van der Waals surface area contributed by atoms with Crippen LogP contribution in [0.5, 0.6) is 17.4 Å². The highest BCUT2D eigenvalue weighted by atomic mass is 16.5. The van der Waals surface area contributed by atoms with Crippen molar-refractivity contribution in [2.45, 2.75) is 0 Å². The van der Waals surface area contributed by atoms with E-state index in [4.69, 9.17) is 4.74 Å². The second kappa shape index (κ2) is 5.96. The number of fused-ring (bicyclic) bond motifs is 1. The zero-order valence-electron chi connectivity index (χ0n) is 12.6. The van der Waals surface area contributed by atoms with Crippen LogP contribution in [-0.2, 0) is 0 Å². The first-order valence-corrected chi connectivity index (χ1v) is 7.42. The summed E-state index contributed by atoms with van der Waals surface area (Å²) in [4.78, 5) is 12.4. The van der Waals surface area contributed by atoms with Crippen LogP contribution in [0.15, 0.2) is 73.3 Å². The fourth-order valence-corrected chi connectivity index (χ4v) is 2.47. The molecule has 0 atom stereocenters. The topological polar surface area (TPSA) is 68.1 Å². The van der Waals surface area contributed by atoms with Gasteiger partial charge in [-0.1, -0.05) is 18.2 Å². The number of phenols is 1. The summed E-state index contributed by atoms with van der Waals surface area (Å²) in [6, 6.07) is 16.8. The SMILES string of the molecule is Oc1cc(-c2ccc(Oc3ccccc3)nc2)cc2cncnc12. The Hall–Kier alpha value is -3.47. The van der Waals surface area contributed by atoms with Crippen LogP contribution in [0, 0.1) is 0 Å². The number of aromatic hydroxyl groups is 1. The number of nitrogens with zero attached hydrogens (tertiary/aromatic N) is 3. The van der Waals surface area contributed by atoms with Crippen molar-refractivity contribution in [1.29, 1.82) is 0 Å². The van der Waals surface area contributed by atoms with Gasteiger partial charge in [-0.25, -0.2) is 15.0 Å². The average Bonchev–Trinajstić information content (AvgIpc) is 2.63. The summed E-state index contributed by atoms with van der Waals surface area (Å²) in [5, 5.41) is 10.9. The molecule has 0 aliphatic carbocycles. The van der Waals surface area contributed by atoms with Gasteiger partial charge >= 0.3 is 0 Å². The lowest BCUT2D eigenvalue weighted by atomic mass is 10.1. The molecule has 24 heavy (non-hydrogen) atoms. The van der Waals surface area contributed by atoms with Gasteiger partial charge in [0.1, 0.15) is 23.3 Å². The van der Waals surface area contributed by atoms with Gasteiger partial charge in [-0.2, -0.15) is 0 Å². The van der Waals surface area contributed by atoms with Gasteiger partial charge in [-0.15, -0.1) is 0 Å². The van der Waals surface area contributed by atoms with Gasteiger partial charge in [0.25, 0.3) is 0 Å². The molecule has 0 bridgehead atoms. The maximum Gasteiger partial charge on any atom is 0.219 e. The zero-order chi connectivity index (χ0) is 16.4. The van der Waals surface area contributed by atoms with Crippen LogP contribution in [0.2, 0.25) is 0 Å². The summed E-state index contributed by atoms with van der Waals surface area (Å²) < 4.78 is 5.68. The molecule has 0 unspecified atom stereocenters. The Kier molecular flexibility index (Phi) is 3.51. The molecule has 0 radical (unpaired) electrons. The molecule has 2 aromatic carbocycles.